The first-order chi connectivity index (χ1) is 15.3. The highest BCUT2D eigenvalue weighted by molar-refractivity contribution is 5.99. The lowest BCUT2D eigenvalue weighted by Gasteiger charge is -2.22. The van der Waals surface area contributed by atoms with Gasteiger partial charge in [-0.15, -0.1) is 0 Å². The van der Waals surface area contributed by atoms with Gasteiger partial charge < -0.3 is 24.8 Å². The van der Waals surface area contributed by atoms with Crippen molar-refractivity contribution in [1.29, 1.82) is 0 Å². The molecule has 0 aliphatic rings. The minimum atomic E-state index is -2.97. The van der Waals surface area contributed by atoms with Crippen LogP contribution in [0.4, 0.5) is 8.78 Å². The van der Waals surface area contributed by atoms with E-state index in [4.69, 9.17) is 9.47 Å². The normalized spacial score (nSPS) is 11.8. The smallest absolute Gasteiger partial charge is 0.387 e. The summed E-state index contributed by atoms with van der Waals surface area (Å²) >= 11 is 0. The van der Waals surface area contributed by atoms with Gasteiger partial charge in [0.2, 0.25) is 5.91 Å². The summed E-state index contributed by atoms with van der Waals surface area (Å²) < 4.78 is 39.9. The van der Waals surface area contributed by atoms with Gasteiger partial charge in [0.05, 0.1) is 19.8 Å². The Kier molecular flexibility index (Phi) is 9.24. The van der Waals surface area contributed by atoms with Crippen LogP contribution in [-0.2, 0) is 11.2 Å². The largest absolute Gasteiger partial charge is 0.496 e. The zero-order valence-corrected chi connectivity index (χ0v) is 18.5. The third kappa shape index (κ3) is 6.83. The molecule has 174 valence electrons. The first-order valence-corrected chi connectivity index (χ1v) is 10.1. The maximum atomic E-state index is 12.7. The number of hydrogen-bond acceptors (Lipinski definition) is 5. The Morgan fingerprint density at radius 3 is 2.28 bits per heavy atom. The molecule has 0 heterocycles. The van der Waals surface area contributed by atoms with Crippen LogP contribution in [0.15, 0.2) is 42.5 Å². The second-order valence-corrected chi connectivity index (χ2v) is 7.30. The van der Waals surface area contributed by atoms with Gasteiger partial charge in [-0.2, -0.15) is 8.78 Å². The van der Waals surface area contributed by atoms with Crippen LogP contribution in [0.2, 0.25) is 0 Å². The van der Waals surface area contributed by atoms with Crippen LogP contribution in [0.3, 0.4) is 0 Å². The van der Waals surface area contributed by atoms with Gasteiger partial charge in [-0.05, 0) is 42.2 Å². The molecular formula is C23H28F2N2O5. The predicted molar refractivity (Wildman–Crippen MR) is 115 cm³/mol. The number of ether oxygens (including phenoxy) is 3. The molecule has 0 fully saturated rings. The first kappa shape index (κ1) is 24.9. The van der Waals surface area contributed by atoms with Gasteiger partial charge in [0.1, 0.15) is 11.8 Å². The Morgan fingerprint density at radius 2 is 1.66 bits per heavy atom. The van der Waals surface area contributed by atoms with Gasteiger partial charge in [0.15, 0.2) is 11.5 Å². The van der Waals surface area contributed by atoms with Crippen molar-refractivity contribution >= 4 is 11.8 Å². The number of halogens is 2. The molecule has 2 amide bonds. The Hall–Kier alpha value is -3.36. The van der Waals surface area contributed by atoms with Gasteiger partial charge in [-0.25, -0.2) is 0 Å². The van der Waals surface area contributed by atoms with E-state index in [-0.39, 0.29) is 29.9 Å². The van der Waals surface area contributed by atoms with E-state index in [2.05, 4.69) is 15.4 Å². The molecule has 1 atom stereocenters. The van der Waals surface area contributed by atoms with E-state index in [0.717, 1.165) is 0 Å². The summed E-state index contributed by atoms with van der Waals surface area (Å²) in [6.07, 6.45) is 0.376. The van der Waals surface area contributed by atoms with Gasteiger partial charge in [-0.3, -0.25) is 9.59 Å². The minimum Gasteiger partial charge on any atom is -0.496 e. The van der Waals surface area contributed by atoms with Crippen molar-refractivity contribution in [2.75, 3.05) is 20.8 Å². The second-order valence-electron chi connectivity index (χ2n) is 7.30. The number of carbonyl (C=O) groups excluding carboxylic acids is 2. The summed E-state index contributed by atoms with van der Waals surface area (Å²) in [5.74, 6) is -0.400. The maximum absolute atomic E-state index is 12.7. The monoisotopic (exact) mass is 450 g/mol. The van der Waals surface area contributed by atoms with Gasteiger partial charge in [-0.1, -0.05) is 32.0 Å². The van der Waals surface area contributed by atoms with Crippen LogP contribution >= 0.6 is 0 Å². The molecule has 7 nitrogen and oxygen atoms in total. The predicted octanol–water partition coefficient (Wildman–Crippen LogP) is 3.42. The van der Waals surface area contributed by atoms with Gasteiger partial charge in [0, 0.05) is 6.54 Å². The average Bonchev–Trinajstić information content (AvgIpc) is 2.76. The van der Waals surface area contributed by atoms with Crippen molar-refractivity contribution in [1.82, 2.24) is 10.6 Å². The number of carbonyl (C=O) groups is 2. The van der Waals surface area contributed by atoms with Gasteiger partial charge in [0.25, 0.3) is 5.91 Å². The molecule has 0 saturated carbocycles. The highest BCUT2D eigenvalue weighted by atomic mass is 19.3. The Balaban J connectivity index is 1.99. The second kappa shape index (κ2) is 11.9. The summed E-state index contributed by atoms with van der Waals surface area (Å²) in [6.45, 7) is 0.916. The summed E-state index contributed by atoms with van der Waals surface area (Å²) in [5.41, 5.74) is 1.01. The van der Waals surface area contributed by atoms with E-state index in [0.29, 0.717) is 23.3 Å². The Bertz CT molecular complexity index is 921. The lowest BCUT2D eigenvalue weighted by molar-refractivity contribution is -0.123. The van der Waals surface area contributed by atoms with Crippen molar-refractivity contribution in [3.63, 3.8) is 0 Å². The molecule has 0 bridgehead atoms. The molecule has 9 heteroatoms. The van der Waals surface area contributed by atoms with E-state index < -0.39 is 18.6 Å². The molecule has 2 aromatic carbocycles. The number of methoxy groups -OCH3 is 2. The molecule has 0 spiro atoms. The number of rotatable bonds is 11. The fourth-order valence-corrected chi connectivity index (χ4v) is 3.09. The Morgan fingerprint density at radius 1 is 0.969 bits per heavy atom. The van der Waals surface area contributed by atoms with Crippen LogP contribution in [0, 0.1) is 5.92 Å². The molecule has 0 saturated heterocycles. The molecule has 0 radical (unpaired) electrons. The van der Waals surface area contributed by atoms with Crippen LogP contribution in [-0.4, -0.2) is 45.2 Å². The molecular weight excluding hydrogens is 422 g/mol. The van der Waals surface area contributed by atoms with Crippen molar-refractivity contribution in [2.45, 2.75) is 32.9 Å². The van der Waals surface area contributed by atoms with Crippen molar-refractivity contribution in [2.24, 2.45) is 5.92 Å². The SMILES string of the molecule is COc1ccc(CCNC(=O)C(NC(=O)c2ccccc2OC)C(C)C)cc1OC(F)F. The van der Waals surface area contributed by atoms with Crippen LogP contribution in [0.1, 0.15) is 29.8 Å². The van der Waals surface area contributed by atoms with Crippen molar-refractivity contribution in [3.05, 3.63) is 53.6 Å². The number of para-hydroxylation sites is 1. The van der Waals surface area contributed by atoms with E-state index in [1.165, 1.54) is 26.4 Å². The zero-order valence-electron chi connectivity index (χ0n) is 18.5. The minimum absolute atomic E-state index is 0.0737. The number of benzene rings is 2. The first-order valence-electron chi connectivity index (χ1n) is 10.1. The van der Waals surface area contributed by atoms with Crippen LogP contribution < -0.4 is 24.8 Å². The molecule has 0 aliphatic heterocycles. The summed E-state index contributed by atoms with van der Waals surface area (Å²) in [6, 6.07) is 10.7. The quantitative estimate of drug-likeness (QED) is 0.548. The fourth-order valence-electron chi connectivity index (χ4n) is 3.09. The fraction of sp³-hybridized carbons (Fsp3) is 0.391. The number of nitrogens with one attached hydrogen (secondary N) is 2. The lowest BCUT2D eigenvalue weighted by Crippen LogP contribution is -2.50. The summed E-state index contributed by atoms with van der Waals surface area (Å²) in [5, 5.41) is 5.53. The van der Waals surface area contributed by atoms with Crippen molar-refractivity contribution in [3.8, 4) is 17.2 Å². The number of amides is 2. The van der Waals surface area contributed by atoms with E-state index in [1.807, 2.05) is 13.8 Å². The average molecular weight is 450 g/mol. The lowest BCUT2D eigenvalue weighted by atomic mass is 10.0. The summed E-state index contributed by atoms with van der Waals surface area (Å²) in [7, 11) is 2.83. The molecule has 0 aliphatic carbocycles. The van der Waals surface area contributed by atoms with E-state index in [9.17, 15) is 18.4 Å². The highest BCUT2D eigenvalue weighted by Crippen LogP contribution is 2.29. The number of alkyl halides is 2. The standard InChI is InChI=1S/C23H28F2N2O5/c1-14(2)20(27-21(28)16-7-5-6-8-17(16)30-3)22(29)26-12-11-15-9-10-18(31-4)19(13-15)32-23(24)25/h5-10,13-14,20,23H,11-12H2,1-4H3,(H,26,29)(H,27,28). The van der Waals surface area contributed by atoms with Crippen LogP contribution in [0.5, 0.6) is 17.2 Å². The maximum Gasteiger partial charge on any atom is 0.387 e. The third-order valence-electron chi connectivity index (χ3n) is 4.74. The van der Waals surface area contributed by atoms with Gasteiger partial charge >= 0.3 is 6.61 Å². The molecule has 1 unspecified atom stereocenters. The summed E-state index contributed by atoms with van der Waals surface area (Å²) in [4.78, 5) is 25.4. The molecule has 0 aromatic heterocycles. The molecule has 2 aromatic rings. The third-order valence-corrected chi connectivity index (χ3v) is 4.74. The topological polar surface area (TPSA) is 85.9 Å². The van der Waals surface area contributed by atoms with Crippen LogP contribution in [0.25, 0.3) is 0 Å². The molecule has 2 rings (SSSR count). The molecule has 2 N–H and O–H groups in total. The Labute approximate surface area is 186 Å². The highest BCUT2D eigenvalue weighted by Gasteiger charge is 2.25. The number of hydrogen-bond donors (Lipinski definition) is 2. The van der Waals surface area contributed by atoms with E-state index >= 15 is 0 Å². The van der Waals surface area contributed by atoms with E-state index in [1.54, 1.807) is 30.3 Å². The zero-order chi connectivity index (χ0) is 23.7. The van der Waals surface area contributed by atoms with Crippen molar-refractivity contribution < 1.29 is 32.6 Å². The molecule has 32 heavy (non-hydrogen) atoms.